The molecule has 1 aliphatic rings. The van der Waals surface area contributed by atoms with Crippen molar-refractivity contribution in [1.29, 1.82) is 0 Å². The molecule has 1 saturated heterocycles. The maximum Gasteiger partial charge on any atom is 0.251 e. The normalized spacial score (nSPS) is 19.9. The number of benzene rings is 1. The third-order valence-electron chi connectivity index (χ3n) is 5.16. The molecule has 2 atom stereocenters. The molecule has 1 aromatic carbocycles. The summed E-state index contributed by atoms with van der Waals surface area (Å²) in [5.74, 6) is 0.0598. The van der Waals surface area contributed by atoms with E-state index in [-0.39, 0.29) is 23.8 Å². The maximum atomic E-state index is 12.4. The van der Waals surface area contributed by atoms with Gasteiger partial charge in [-0.15, -0.1) is 0 Å². The van der Waals surface area contributed by atoms with E-state index in [4.69, 9.17) is 4.74 Å². The highest BCUT2D eigenvalue weighted by Gasteiger charge is 2.30. The standard InChI is InChI=1S/C22H27N3O3/c1-28-21-16-25(13-6-10-20(26)18-9-5-12-23-15-18)14-11-19(21)24-22(27)17-7-3-2-4-8-17/h2-5,7-9,12,15,19,21H,6,10-11,13-14,16H2,1H3,(H,24,27). The van der Waals surface area contributed by atoms with Gasteiger partial charge in [-0.05, 0) is 43.7 Å². The molecule has 1 aromatic heterocycles. The van der Waals surface area contributed by atoms with Gasteiger partial charge in [0.05, 0.1) is 12.1 Å². The van der Waals surface area contributed by atoms with Gasteiger partial charge in [0, 0.05) is 50.1 Å². The SMILES string of the molecule is COC1CN(CCCC(=O)c2cccnc2)CCC1NC(=O)c1ccccc1. The van der Waals surface area contributed by atoms with Crippen LogP contribution in [0, 0.1) is 0 Å². The summed E-state index contributed by atoms with van der Waals surface area (Å²) in [4.78, 5) is 30.9. The zero-order valence-electron chi connectivity index (χ0n) is 16.2. The molecule has 1 fully saturated rings. The molecule has 1 aliphatic heterocycles. The topological polar surface area (TPSA) is 71.5 Å². The molecule has 2 heterocycles. The van der Waals surface area contributed by atoms with Gasteiger partial charge in [0.25, 0.3) is 5.91 Å². The number of likely N-dealkylation sites (tertiary alicyclic amines) is 1. The molecular weight excluding hydrogens is 354 g/mol. The summed E-state index contributed by atoms with van der Waals surface area (Å²) in [5, 5.41) is 3.10. The Kier molecular flexibility index (Phi) is 7.28. The summed E-state index contributed by atoms with van der Waals surface area (Å²) in [6.45, 7) is 2.46. The van der Waals surface area contributed by atoms with Crippen LogP contribution in [0.5, 0.6) is 0 Å². The van der Waals surface area contributed by atoms with E-state index in [0.29, 0.717) is 17.5 Å². The molecule has 6 nitrogen and oxygen atoms in total. The fourth-order valence-corrected chi connectivity index (χ4v) is 3.56. The monoisotopic (exact) mass is 381 g/mol. The maximum absolute atomic E-state index is 12.4. The van der Waals surface area contributed by atoms with Crippen molar-refractivity contribution in [1.82, 2.24) is 15.2 Å². The number of amides is 1. The first-order chi connectivity index (χ1) is 13.7. The lowest BCUT2D eigenvalue weighted by Crippen LogP contribution is -2.54. The van der Waals surface area contributed by atoms with E-state index in [0.717, 1.165) is 32.5 Å². The average molecular weight is 381 g/mol. The molecule has 0 radical (unpaired) electrons. The van der Waals surface area contributed by atoms with Crippen LogP contribution in [-0.2, 0) is 4.74 Å². The Morgan fingerprint density at radius 3 is 2.68 bits per heavy atom. The van der Waals surface area contributed by atoms with Gasteiger partial charge < -0.3 is 15.0 Å². The zero-order valence-corrected chi connectivity index (χ0v) is 16.2. The minimum atomic E-state index is -0.0665. The number of piperidine rings is 1. The first kappa shape index (κ1) is 20.2. The van der Waals surface area contributed by atoms with E-state index >= 15 is 0 Å². The summed E-state index contributed by atoms with van der Waals surface area (Å²) >= 11 is 0. The molecule has 3 rings (SSSR count). The molecule has 2 unspecified atom stereocenters. The number of nitrogens with zero attached hydrogens (tertiary/aromatic N) is 2. The molecule has 1 amide bonds. The number of methoxy groups -OCH3 is 1. The third-order valence-corrected chi connectivity index (χ3v) is 5.16. The summed E-state index contributed by atoms with van der Waals surface area (Å²) in [5.41, 5.74) is 1.33. The first-order valence-electron chi connectivity index (χ1n) is 9.71. The number of ether oxygens (including phenoxy) is 1. The van der Waals surface area contributed by atoms with Gasteiger partial charge in [-0.3, -0.25) is 14.6 Å². The predicted molar refractivity (Wildman–Crippen MR) is 107 cm³/mol. The third kappa shape index (κ3) is 5.47. The molecule has 0 aliphatic carbocycles. The molecule has 6 heteroatoms. The van der Waals surface area contributed by atoms with Crippen LogP contribution in [0.1, 0.15) is 40.0 Å². The quantitative estimate of drug-likeness (QED) is 0.712. The predicted octanol–water partition coefficient (Wildman–Crippen LogP) is 2.56. The van der Waals surface area contributed by atoms with Gasteiger partial charge in [-0.25, -0.2) is 0 Å². The van der Waals surface area contributed by atoms with Crippen LogP contribution in [0.25, 0.3) is 0 Å². The van der Waals surface area contributed by atoms with Crippen molar-refractivity contribution in [2.75, 3.05) is 26.7 Å². The van der Waals surface area contributed by atoms with Gasteiger partial charge in [0.15, 0.2) is 5.78 Å². The van der Waals surface area contributed by atoms with Crippen LogP contribution in [0.4, 0.5) is 0 Å². The van der Waals surface area contributed by atoms with Crippen molar-refractivity contribution in [3.8, 4) is 0 Å². The Labute approximate surface area is 165 Å². The number of hydrogen-bond acceptors (Lipinski definition) is 5. The molecular formula is C22H27N3O3. The number of hydrogen-bond donors (Lipinski definition) is 1. The van der Waals surface area contributed by atoms with E-state index in [1.54, 1.807) is 31.6 Å². The summed E-state index contributed by atoms with van der Waals surface area (Å²) in [6.07, 6.45) is 5.36. The molecule has 0 bridgehead atoms. The van der Waals surface area contributed by atoms with E-state index in [9.17, 15) is 9.59 Å². The smallest absolute Gasteiger partial charge is 0.251 e. The average Bonchev–Trinajstić information content (AvgIpc) is 2.75. The van der Waals surface area contributed by atoms with Crippen molar-refractivity contribution >= 4 is 11.7 Å². The van der Waals surface area contributed by atoms with Crippen LogP contribution in [0.3, 0.4) is 0 Å². The highest BCUT2D eigenvalue weighted by molar-refractivity contribution is 5.95. The zero-order chi connectivity index (χ0) is 19.8. The van der Waals surface area contributed by atoms with Crippen molar-refractivity contribution in [3.63, 3.8) is 0 Å². The van der Waals surface area contributed by atoms with Gasteiger partial charge in [-0.1, -0.05) is 18.2 Å². The Morgan fingerprint density at radius 2 is 1.96 bits per heavy atom. The van der Waals surface area contributed by atoms with Gasteiger partial charge in [0.2, 0.25) is 0 Å². The highest BCUT2D eigenvalue weighted by Crippen LogP contribution is 2.16. The largest absolute Gasteiger partial charge is 0.378 e. The number of nitrogens with one attached hydrogen (secondary N) is 1. The number of aromatic nitrogens is 1. The van der Waals surface area contributed by atoms with Crippen molar-refractivity contribution < 1.29 is 14.3 Å². The molecule has 0 saturated carbocycles. The van der Waals surface area contributed by atoms with Crippen LogP contribution in [0.2, 0.25) is 0 Å². The van der Waals surface area contributed by atoms with Crippen LogP contribution >= 0.6 is 0 Å². The van der Waals surface area contributed by atoms with Crippen LogP contribution in [-0.4, -0.2) is 60.5 Å². The Morgan fingerprint density at radius 1 is 1.18 bits per heavy atom. The fraction of sp³-hybridized carbons (Fsp3) is 0.409. The number of Topliss-reactive ketones (excluding diaryl/α,β-unsaturated/α-hetero) is 1. The van der Waals surface area contributed by atoms with E-state index in [2.05, 4.69) is 15.2 Å². The summed E-state index contributed by atoms with van der Waals surface area (Å²) in [7, 11) is 1.68. The minimum absolute atomic E-state index is 0.00835. The second kappa shape index (κ2) is 10.1. The first-order valence-corrected chi connectivity index (χ1v) is 9.71. The lowest BCUT2D eigenvalue weighted by molar-refractivity contribution is 0.00609. The van der Waals surface area contributed by atoms with Gasteiger partial charge >= 0.3 is 0 Å². The van der Waals surface area contributed by atoms with Crippen molar-refractivity contribution in [2.45, 2.75) is 31.4 Å². The fourth-order valence-electron chi connectivity index (χ4n) is 3.56. The second-order valence-corrected chi connectivity index (χ2v) is 7.08. The van der Waals surface area contributed by atoms with E-state index in [1.165, 1.54) is 0 Å². The Balaban J connectivity index is 1.45. The number of pyridine rings is 1. The van der Waals surface area contributed by atoms with Crippen LogP contribution < -0.4 is 5.32 Å². The van der Waals surface area contributed by atoms with E-state index < -0.39 is 0 Å². The number of ketones is 1. The molecule has 2 aromatic rings. The Hall–Kier alpha value is -2.57. The van der Waals surface area contributed by atoms with Gasteiger partial charge in [-0.2, -0.15) is 0 Å². The Bertz CT molecular complexity index is 767. The summed E-state index contributed by atoms with van der Waals surface area (Å²) < 4.78 is 5.64. The number of carbonyl (C=O) groups excluding carboxylic acids is 2. The number of carbonyl (C=O) groups is 2. The lowest BCUT2D eigenvalue weighted by Gasteiger charge is -2.38. The highest BCUT2D eigenvalue weighted by atomic mass is 16.5. The van der Waals surface area contributed by atoms with E-state index in [1.807, 2.05) is 30.3 Å². The molecule has 28 heavy (non-hydrogen) atoms. The lowest BCUT2D eigenvalue weighted by atomic mass is 10.00. The molecule has 1 N–H and O–H groups in total. The summed E-state index contributed by atoms with van der Waals surface area (Å²) in [6, 6.07) is 12.8. The number of rotatable bonds is 8. The van der Waals surface area contributed by atoms with Crippen molar-refractivity contribution in [2.24, 2.45) is 0 Å². The van der Waals surface area contributed by atoms with Crippen LogP contribution in [0.15, 0.2) is 54.9 Å². The second-order valence-electron chi connectivity index (χ2n) is 7.08. The van der Waals surface area contributed by atoms with Crippen molar-refractivity contribution in [3.05, 3.63) is 66.0 Å². The molecule has 0 spiro atoms. The minimum Gasteiger partial charge on any atom is -0.378 e. The molecule has 148 valence electrons. The van der Waals surface area contributed by atoms with Gasteiger partial charge in [0.1, 0.15) is 0 Å².